The molecular formula is C58H106N16O4. The third-order valence-corrected chi connectivity index (χ3v) is 16.2. The molecule has 0 unspecified atom stereocenters. The second kappa shape index (κ2) is 24.4. The second-order valence-electron chi connectivity index (χ2n) is 29.1. The molecule has 2 aromatic heterocycles. The zero-order chi connectivity index (χ0) is 57.9. The zero-order valence-corrected chi connectivity index (χ0v) is 52.1. The lowest BCUT2D eigenvalue weighted by atomic mass is 9.79. The number of carbonyl (C=O) groups is 2. The van der Waals surface area contributed by atoms with E-state index in [9.17, 15) is 9.59 Å². The molecule has 0 spiro atoms. The molecule has 20 nitrogen and oxygen atoms in total. The summed E-state index contributed by atoms with van der Waals surface area (Å²) >= 11 is 0. The van der Waals surface area contributed by atoms with Gasteiger partial charge in [0, 0.05) is 96.7 Å². The Labute approximate surface area is 470 Å². The number of aromatic nitrogens is 6. The van der Waals surface area contributed by atoms with Crippen LogP contribution in [-0.2, 0) is 19.1 Å². The van der Waals surface area contributed by atoms with Crippen LogP contribution in [0.1, 0.15) is 201 Å². The molecule has 20 heteroatoms. The normalized spacial score (nSPS) is 22.5. The Bertz CT molecular complexity index is 1990. The molecule has 0 aromatic carbocycles. The molecule has 0 radical (unpaired) electrons. The second-order valence-corrected chi connectivity index (χ2v) is 29.1. The minimum atomic E-state index is -0.354. The van der Waals surface area contributed by atoms with Crippen molar-refractivity contribution in [3.63, 3.8) is 0 Å². The Morgan fingerprint density at radius 3 is 0.808 bits per heavy atom. The highest BCUT2D eigenvalue weighted by atomic mass is 16.5. The zero-order valence-electron chi connectivity index (χ0n) is 52.1. The molecule has 4 fully saturated rings. The number of hydrogen-bond acceptors (Lipinski definition) is 20. The van der Waals surface area contributed by atoms with Gasteiger partial charge < -0.3 is 61.0 Å². The fourth-order valence-electron chi connectivity index (χ4n) is 14.0. The summed E-state index contributed by atoms with van der Waals surface area (Å²) in [6.45, 7) is 36.5. The topological polar surface area (TPSA) is 215 Å². The van der Waals surface area contributed by atoms with Crippen LogP contribution in [0.15, 0.2) is 0 Å². The fraction of sp³-hybridized carbons (Fsp3) is 0.862. The van der Waals surface area contributed by atoms with Gasteiger partial charge in [-0.1, -0.05) is 25.7 Å². The van der Waals surface area contributed by atoms with Gasteiger partial charge in [0.1, 0.15) is 13.1 Å². The lowest BCUT2D eigenvalue weighted by Crippen LogP contribution is -2.62. The number of rotatable bonds is 23. The molecule has 6 heterocycles. The summed E-state index contributed by atoms with van der Waals surface area (Å²) in [6, 6.07) is 0.805. The number of nitrogens with one attached hydrogen (secondary N) is 6. The molecule has 2 aromatic rings. The van der Waals surface area contributed by atoms with Crippen molar-refractivity contribution in [3.05, 3.63) is 0 Å². The molecule has 442 valence electrons. The van der Waals surface area contributed by atoms with E-state index in [1.54, 1.807) is 0 Å². The Morgan fingerprint density at radius 1 is 0.385 bits per heavy atom. The predicted molar refractivity (Wildman–Crippen MR) is 317 cm³/mol. The minimum Gasteiger partial charge on any atom is -0.464 e. The number of ether oxygens (including phenoxy) is 2. The van der Waals surface area contributed by atoms with E-state index in [0.29, 0.717) is 48.9 Å². The van der Waals surface area contributed by atoms with E-state index in [4.69, 9.17) is 39.4 Å². The number of anilines is 6. The summed E-state index contributed by atoms with van der Waals surface area (Å²) in [6.07, 6.45) is 12.8. The molecule has 0 atom stereocenters. The molecule has 4 saturated heterocycles. The Kier molecular flexibility index (Phi) is 19.6. The SMILES string of the molecule is CN(c1nc(NCC(=O)OCCCCCCCCOC(=O)CNc2nc(N(C)C3CC(C)(C)NC(C)(C)C3)nc(N(C)C3CC(C)(C)NC(C)(C)C3)n2)nc(N(C)C2CC(C)(C)NC(C)(C)C2)n1)C1CC(C)(C)NC(C)(C)C1. The van der Waals surface area contributed by atoms with Crippen LogP contribution in [-0.4, -0.2) is 165 Å². The molecule has 6 N–H and O–H groups in total. The van der Waals surface area contributed by atoms with Crippen LogP contribution in [0, 0.1) is 0 Å². The first-order valence-electron chi connectivity index (χ1n) is 29.3. The van der Waals surface area contributed by atoms with E-state index in [2.05, 4.69) is 190 Å². The molecule has 0 bridgehead atoms. The Hall–Kier alpha value is -4.40. The molecule has 78 heavy (non-hydrogen) atoms. The number of carbonyl (C=O) groups excluding carboxylic acids is 2. The lowest BCUT2D eigenvalue weighted by molar-refractivity contribution is -0.142. The van der Waals surface area contributed by atoms with Crippen LogP contribution in [0.2, 0.25) is 0 Å². The summed E-state index contributed by atoms with van der Waals surface area (Å²) in [7, 11) is 8.28. The third-order valence-electron chi connectivity index (χ3n) is 16.2. The summed E-state index contributed by atoms with van der Waals surface area (Å²) in [4.78, 5) is 64.5. The van der Waals surface area contributed by atoms with Gasteiger partial charge in [0.2, 0.25) is 35.7 Å². The van der Waals surface area contributed by atoms with Crippen molar-refractivity contribution in [2.75, 3.05) is 84.7 Å². The summed E-state index contributed by atoms with van der Waals surface area (Å²) in [5.41, 5.74) is -0.461. The highest BCUT2D eigenvalue weighted by molar-refractivity contribution is 5.75. The van der Waals surface area contributed by atoms with E-state index >= 15 is 0 Å². The van der Waals surface area contributed by atoms with Crippen molar-refractivity contribution in [2.45, 2.75) is 269 Å². The largest absolute Gasteiger partial charge is 0.464 e. The van der Waals surface area contributed by atoms with E-state index in [1.165, 1.54) is 0 Å². The van der Waals surface area contributed by atoms with Gasteiger partial charge in [0.05, 0.1) is 13.2 Å². The number of piperidine rings is 4. The van der Waals surface area contributed by atoms with Crippen molar-refractivity contribution in [3.8, 4) is 0 Å². The van der Waals surface area contributed by atoms with Crippen LogP contribution in [0.3, 0.4) is 0 Å². The van der Waals surface area contributed by atoms with Gasteiger partial charge >= 0.3 is 11.9 Å². The number of unbranched alkanes of at least 4 members (excludes halogenated alkanes) is 5. The first-order chi connectivity index (χ1) is 35.9. The molecule has 0 amide bonds. The standard InChI is InChI=1S/C58H106N16O4/c1-51(2)29-39(30-52(3,4)67-51)71(17)47-61-45(62-48(65-47)72(18)40-31-53(5,6)68-54(7,8)32-40)59-37-43(75)77-27-25-23-21-22-24-26-28-78-44(76)38-60-46-63-49(73(19)41-33-55(9,10)69-56(11,12)34-41)66-50(64-46)74(20)42-35-57(13,14)70-58(15,16)36-42/h39-42,67-70H,21-38H2,1-20H3,(H,59,61,62,65)(H,60,63,64,66). The molecule has 0 saturated carbocycles. The maximum absolute atomic E-state index is 13.1. The number of nitrogens with zero attached hydrogens (tertiary/aromatic N) is 10. The van der Waals surface area contributed by atoms with E-state index in [-0.39, 0.29) is 93.5 Å². The van der Waals surface area contributed by atoms with Crippen molar-refractivity contribution in [2.24, 2.45) is 0 Å². The number of esters is 2. The van der Waals surface area contributed by atoms with Gasteiger partial charge in [-0.25, -0.2) is 0 Å². The van der Waals surface area contributed by atoms with Gasteiger partial charge in [-0.3, -0.25) is 9.59 Å². The fourth-order valence-corrected chi connectivity index (χ4v) is 14.0. The lowest BCUT2D eigenvalue weighted by Gasteiger charge is -2.49. The molecule has 4 aliphatic rings. The Balaban J connectivity index is 0.942. The maximum Gasteiger partial charge on any atom is 0.325 e. The number of hydrogen-bond donors (Lipinski definition) is 6. The summed E-state index contributed by atoms with van der Waals surface area (Å²) < 4.78 is 11.3. The van der Waals surface area contributed by atoms with Gasteiger partial charge in [0.15, 0.2) is 0 Å². The Morgan fingerprint density at radius 2 is 0.590 bits per heavy atom. The van der Waals surface area contributed by atoms with Crippen molar-refractivity contribution in [1.29, 1.82) is 0 Å². The molecule has 6 rings (SSSR count). The molecule has 4 aliphatic heterocycles. The van der Waals surface area contributed by atoms with Crippen molar-refractivity contribution >= 4 is 47.6 Å². The van der Waals surface area contributed by atoms with Gasteiger partial charge in [-0.2, -0.15) is 29.9 Å². The van der Waals surface area contributed by atoms with Gasteiger partial charge in [0.25, 0.3) is 0 Å². The van der Waals surface area contributed by atoms with Crippen LogP contribution >= 0.6 is 0 Å². The molecular weight excluding hydrogens is 985 g/mol. The summed E-state index contributed by atoms with van der Waals surface area (Å²) in [5, 5.41) is 21.5. The first kappa shape index (κ1) is 62.8. The van der Waals surface area contributed by atoms with Gasteiger partial charge in [-0.05, 0) is 175 Å². The van der Waals surface area contributed by atoms with Gasteiger partial charge in [-0.15, -0.1) is 0 Å². The highest BCUT2D eigenvalue weighted by Gasteiger charge is 2.44. The van der Waals surface area contributed by atoms with Crippen LogP contribution < -0.4 is 51.5 Å². The van der Waals surface area contributed by atoms with Crippen LogP contribution in [0.5, 0.6) is 0 Å². The van der Waals surface area contributed by atoms with Crippen molar-refractivity contribution < 1.29 is 19.1 Å². The third kappa shape index (κ3) is 18.6. The highest BCUT2D eigenvalue weighted by Crippen LogP contribution is 2.38. The van der Waals surface area contributed by atoms with E-state index in [0.717, 1.165) is 89.9 Å². The average Bonchev–Trinajstić information content (AvgIpc) is 3.30. The van der Waals surface area contributed by atoms with E-state index < -0.39 is 0 Å². The minimum absolute atomic E-state index is 0.0524. The van der Waals surface area contributed by atoms with E-state index in [1.807, 2.05) is 0 Å². The summed E-state index contributed by atoms with van der Waals surface area (Å²) in [5.74, 6) is 2.32. The smallest absolute Gasteiger partial charge is 0.325 e. The average molecular weight is 1090 g/mol. The first-order valence-corrected chi connectivity index (χ1v) is 29.3. The predicted octanol–water partition coefficient (Wildman–Crippen LogP) is 7.99. The molecule has 0 aliphatic carbocycles. The van der Waals surface area contributed by atoms with Crippen LogP contribution in [0.4, 0.5) is 35.7 Å². The quantitative estimate of drug-likeness (QED) is 0.0459. The van der Waals surface area contributed by atoms with Crippen molar-refractivity contribution in [1.82, 2.24) is 51.2 Å². The monoisotopic (exact) mass is 1090 g/mol. The maximum atomic E-state index is 13.1. The van der Waals surface area contributed by atoms with Crippen LogP contribution in [0.25, 0.3) is 0 Å².